The maximum atomic E-state index is 13.1. The molecule has 0 aliphatic carbocycles. The van der Waals surface area contributed by atoms with Crippen LogP contribution in [0.2, 0.25) is 0 Å². The molecular weight excluding hydrogens is 261 g/mol. The van der Waals surface area contributed by atoms with Crippen LogP contribution >= 0.6 is 11.8 Å². The molecule has 1 rings (SSSR count). The number of nitrogens with one attached hydrogen (secondary N) is 1. The molecule has 0 radical (unpaired) electrons. The molecular formula is C15H24FNOS. The molecule has 0 saturated carbocycles. The molecule has 0 heterocycles. The van der Waals surface area contributed by atoms with Gasteiger partial charge >= 0.3 is 0 Å². The first-order valence-electron chi connectivity index (χ1n) is 6.65. The Morgan fingerprint density at radius 1 is 1.37 bits per heavy atom. The van der Waals surface area contributed by atoms with Crippen molar-refractivity contribution in [3.63, 3.8) is 0 Å². The van der Waals surface area contributed by atoms with Gasteiger partial charge in [-0.25, -0.2) is 4.39 Å². The van der Waals surface area contributed by atoms with Crippen LogP contribution in [0.25, 0.3) is 0 Å². The Hall–Kier alpha value is -0.580. The lowest BCUT2D eigenvalue weighted by atomic mass is 9.96. The molecule has 1 aromatic rings. The summed E-state index contributed by atoms with van der Waals surface area (Å²) in [5.74, 6) is -0.206. The maximum absolute atomic E-state index is 13.1. The molecule has 0 amide bonds. The van der Waals surface area contributed by atoms with E-state index in [1.807, 2.05) is 13.0 Å². The van der Waals surface area contributed by atoms with E-state index in [1.165, 1.54) is 6.07 Å². The predicted molar refractivity (Wildman–Crippen MR) is 80.1 cm³/mol. The van der Waals surface area contributed by atoms with E-state index in [1.54, 1.807) is 23.9 Å². The molecule has 19 heavy (non-hydrogen) atoms. The van der Waals surface area contributed by atoms with E-state index >= 15 is 0 Å². The summed E-state index contributed by atoms with van der Waals surface area (Å²) in [6, 6.07) is 6.96. The molecule has 1 aromatic carbocycles. The number of benzene rings is 1. The first kappa shape index (κ1) is 16.5. The number of thioether (sulfide) groups is 1. The molecule has 0 spiro atoms. The number of halogens is 1. The lowest BCUT2D eigenvalue weighted by Gasteiger charge is -2.33. The third-order valence-corrected chi connectivity index (χ3v) is 3.95. The standard InChI is InChI=1S/C15H24FNOS/c1-11(2)17-15(4,10-18)9-12(3)19-14-7-5-6-13(16)8-14/h5-8,11-12,17-18H,9-10H2,1-4H3. The van der Waals surface area contributed by atoms with Gasteiger partial charge in [0.05, 0.1) is 6.61 Å². The van der Waals surface area contributed by atoms with Gasteiger partial charge < -0.3 is 10.4 Å². The van der Waals surface area contributed by atoms with Crippen molar-refractivity contribution in [1.82, 2.24) is 5.32 Å². The normalized spacial score (nSPS) is 16.4. The van der Waals surface area contributed by atoms with Crippen molar-refractivity contribution in [3.05, 3.63) is 30.1 Å². The molecule has 0 fully saturated rings. The van der Waals surface area contributed by atoms with Crippen molar-refractivity contribution in [1.29, 1.82) is 0 Å². The number of rotatable bonds is 7. The van der Waals surface area contributed by atoms with Gasteiger partial charge in [0.1, 0.15) is 5.82 Å². The molecule has 0 aromatic heterocycles. The van der Waals surface area contributed by atoms with Crippen LogP contribution in [-0.4, -0.2) is 28.5 Å². The highest BCUT2D eigenvalue weighted by molar-refractivity contribution is 7.99. The van der Waals surface area contributed by atoms with Gasteiger partial charge in [-0.15, -0.1) is 11.8 Å². The fraction of sp³-hybridized carbons (Fsp3) is 0.600. The fourth-order valence-corrected chi connectivity index (χ4v) is 3.57. The van der Waals surface area contributed by atoms with E-state index in [2.05, 4.69) is 26.1 Å². The summed E-state index contributed by atoms with van der Waals surface area (Å²) in [4.78, 5) is 0.928. The minimum atomic E-state index is -0.298. The summed E-state index contributed by atoms with van der Waals surface area (Å²) in [7, 11) is 0. The third-order valence-electron chi connectivity index (χ3n) is 2.86. The van der Waals surface area contributed by atoms with Gasteiger partial charge in [0.2, 0.25) is 0 Å². The SMILES string of the molecule is CC(C)NC(C)(CO)CC(C)Sc1cccc(F)c1. The Morgan fingerprint density at radius 3 is 2.58 bits per heavy atom. The molecule has 2 N–H and O–H groups in total. The number of aliphatic hydroxyl groups excluding tert-OH is 1. The van der Waals surface area contributed by atoms with Crippen LogP contribution in [0.5, 0.6) is 0 Å². The van der Waals surface area contributed by atoms with Crippen LogP contribution in [0.15, 0.2) is 29.2 Å². The summed E-state index contributed by atoms with van der Waals surface area (Å²) in [6.07, 6.45) is 0.822. The molecule has 2 nitrogen and oxygen atoms in total. The number of hydrogen-bond donors (Lipinski definition) is 2. The van der Waals surface area contributed by atoms with Crippen LogP contribution < -0.4 is 5.32 Å². The second-order valence-electron chi connectivity index (χ2n) is 5.61. The van der Waals surface area contributed by atoms with Gasteiger partial charge in [0, 0.05) is 21.7 Å². The topological polar surface area (TPSA) is 32.3 Å². The smallest absolute Gasteiger partial charge is 0.124 e. The quantitative estimate of drug-likeness (QED) is 0.753. The molecule has 108 valence electrons. The second kappa shape index (κ2) is 7.27. The van der Waals surface area contributed by atoms with E-state index in [4.69, 9.17) is 0 Å². The summed E-state index contributed by atoms with van der Waals surface area (Å²) < 4.78 is 13.1. The highest BCUT2D eigenvalue weighted by Crippen LogP contribution is 2.29. The van der Waals surface area contributed by atoms with Crippen molar-refractivity contribution in [2.75, 3.05) is 6.61 Å². The van der Waals surface area contributed by atoms with Crippen molar-refractivity contribution >= 4 is 11.8 Å². The Morgan fingerprint density at radius 2 is 2.05 bits per heavy atom. The minimum Gasteiger partial charge on any atom is -0.394 e. The lowest BCUT2D eigenvalue weighted by molar-refractivity contribution is 0.157. The largest absolute Gasteiger partial charge is 0.394 e. The van der Waals surface area contributed by atoms with Crippen LogP contribution in [-0.2, 0) is 0 Å². The molecule has 0 aliphatic rings. The van der Waals surface area contributed by atoms with Crippen molar-refractivity contribution in [2.24, 2.45) is 0 Å². The van der Waals surface area contributed by atoms with Gasteiger partial charge in [0.25, 0.3) is 0 Å². The van der Waals surface area contributed by atoms with E-state index in [0.717, 1.165) is 11.3 Å². The Bertz CT molecular complexity index is 399. The van der Waals surface area contributed by atoms with Crippen LogP contribution in [0, 0.1) is 5.82 Å². The van der Waals surface area contributed by atoms with Gasteiger partial charge in [-0.1, -0.05) is 26.8 Å². The van der Waals surface area contributed by atoms with Gasteiger partial charge in [0.15, 0.2) is 0 Å². The fourth-order valence-electron chi connectivity index (χ4n) is 2.31. The summed E-state index contributed by atoms with van der Waals surface area (Å²) in [5.41, 5.74) is -0.298. The summed E-state index contributed by atoms with van der Waals surface area (Å²) in [5, 5.41) is 13.3. The minimum absolute atomic E-state index is 0.0965. The van der Waals surface area contributed by atoms with Gasteiger partial charge in [-0.05, 0) is 31.5 Å². The number of hydrogen-bond acceptors (Lipinski definition) is 3. The van der Waals surface area contributed by atoms with Crippen molar-refractivity contribution in [3.8, 4) is 0 Å². The Kier molecular flexibility index (Phi) is 6.30. The van der Waals surface area contributed by atoms with E-state index in [-0.39, 0.29) is 18.0 Å². The van der Waals surface area contributed by atoms with E-state index < -0.39 is 0 Å². The van der Waals surface area contributed by atoms with E-state index in [0.29, 0.717) is 11.3 Å². The maximum Gasteiger partial charge on any atom is 0.124 e. The lowest BCUT2D eigenvalue weighted by Crippen LogP contribution is -2.50. The van der Waals surface area contributed by atoms with Crippen molar-refractivity contribution in [2.45, 2.75) is 55.8 Å². The average Bonchev–Trinajstić information content (AvgIpc) is 2.27. The monoisotopic (exact) mass is 285 g/mol. The molecule has 2 unspecified atom stereocenters. The second-order valence-corrected chi connectivity index (χ2v) is 7.12. The van der Waals surface area contributed by atoms with E-state index in [9.17, 15) is 9.50 Å². The van der Waals surface area contributed by atoms with Crippen LogP contribution in [0.4, 0.5) is 4.39 Å². The van der Waals surface area contributed by atoms with Crippen LogP contribution in [0.3, 0.4) is 0 Å². The molecule has 0 bridgehead atoms. The molecule has 4 heteroatoms. The zero-order valence-electron chi connectivity index (χ0n) is 12.1. The van der Waals surface area contributed by atoms with Crippen molar-refractivity contribution < 1.29 is 9.50 Å². The number of aliphatic hydroxyl groups is 1. The Balaban J connectivity index is 2.60. The van der Waals surface area contributed by atoms with Gasteiger partial charge in [-0.2, -0.15) is 0 Å². The summed E-state index contributed by atoms with van der Waals surface area (Å²) in [6.45, 7) is 8.36. The molecule has 2 atom stereocenters. The third kappa shape index (κ3) is 5.93. The Labute approximate surface area is 119 Å². The highest BCUT2D eigenvalue weighted by Gasteiger charge is 2.26. The molecule has 0 saturated heterocycles. The highest BCUT2D eigenvalue weighted by atomic mass is 32.2. The predicted octanol–water partition coefficient (Wildman–Crippen LogP) is 3.45. The zero-order chi connectivity index (χ0) is 14.5. The first-order chi connectivity index (χ1) is 8.84. The van der Waals surface area contributed by atoms with Gasteiger partial charge in [-0.3, -0.25) is 0 Å². The zero-order valence-corrected chi connectivity index (χ0v) is 12.9. The molecule has 0 aliphatic heterocycles. The van der Waals surface area contributed by atoms with Crippen LogP contribution in [0.1, 0.15) is 34.1 Å². The summed E-state index contributed by atoms with van der Waals surface area (Å²) >= 11 is 1.64. The first-order valence-corrected chi connectivity index (χ1v) is 7.53. The average molecular weight is 285 g/mol.